The minimum atomic E-state index is -0.356. The predicted octanol–water partition coefficient (Wildman–Crippen LogP) is 1.70. The number of alkyl halides is 1. The maximum absolute atomic E-state index is 12.9. The number of carbonyl (C=O) groups is 1. The van der Waals surface area contributed by atoms with E-state index in [4.69, 9.17) is 9.47 Å². The summed E-state index contributed by atoms with van der Waals surface area (Å²) in [5.41, 5.74) is 0.973. The molecular weight excluding hydrogens is 603 g/mol. The van der Waals surface area contributed by atoms with Crippen molar-refractivity contribution in [2.24, 2.45) is 7.05 Å². The topological polar surface area (TPSA) is 113 Å². The molecule has 1 amide bonds. The van der Waals surface area contributed by atoms with E-state index in [9.17, 15) is 14.4 Å². The number of aromatic nitrogens is 4. The third-order valence-corrected chi connectivity index (χ3v) is 7.15. The van der Waals surface area contributed by atoms with E-state index in [1.54, 1.807) is 29.8 Å². The Morgan fingerprint density at radius 3 is 2.58 bits per heavy atom. The lowest BCUT2D eigenvalue weighted by Crippen LogP contribution is -2.39. The Balaban J connectivity index is 1.32. The Hall–Kier alpha value is -2.97. The lowest BCUT2D eigenvalue weighted by Gasteiger charge is -2.26. The number of fused-ring (bicyclic) bond motifs is 1. The standard InChI is InChI=1S/C26H33IN6O5/c1-3-32-24-23(25(35)33(18-27)26(32)36)30(2)21(29-24)10-7-19-5-8-20(9-6-19)38-17-22(34)28-11-4-12-31-13-15-37-16-14-31/h5-10H,3-4,11-18H2,1-2H3,(H,28,34)/b10-7+. The Labute approximate surface area is 234 Å². The molecule has 0 unspecified atom stereocenters. The van der Waals surface area contributed by atoms with Gasteiger partial charge in [-0.15, -0.1) is 0 Å². The van der Waals surface area contributed by atoms with Gasteiger partial charge in [-0.05, 0) is 43.7 Å². The first kappa shape index (κ1) is 28.0. The van der Waals surface area contributed by atoms with E-state index in [0.29, 0.717) is 35.8 Å². The van der Waals surface area contributed by atoms with Crippen LogP contribution in [0.25, 0.3) is 23.3 Å². The van der Waals surface area contributed by atoms with Gasteiger partial charge in [-0.25, -0.2) is 14.3 Å². The smallest absolute Gasteiger partial charge is 0.333 e. The Kier molecular flexibility index (Phi) is 9.74. The second-order valence-electron chi connectivity index (χ2n) is 8.93. The molecule has 0 atom stereocenters. The average Bonchev–Trinajstić information content (AvgIpc) is 3.26. The second kappa shape index (κ2) is 13.2. The summed E-state index contributed by atoms with van der Waals surface area (Å²) in [6.45, 7) is 7.24. The highest BCUT2D eigenvalue weighted by Gasteiger charge is 2.18. The van der Waals surface area contributed by atoms with E-state index in [2.05, 4.69) is 15.2 Å². The molecule has 0 radical (unpaired) electrons. The van der Waals surface area contributed by atoms with E-state index < -0.39 is 0 Å². The van der Waals surface area contributed by atoms with E-state index in [1.165, 1.54) is 9.13 Å². The van der Waals surface area contributed by atoms with Gasteiger partial charge in [-0.2, -0.15) is 0 Å². The van der Waals surface area contributed by atoms with Crippen LogP contribution in [0.5, 0.6) is 5.75 Å². The third-order valence-electron chi connectivity index (χ3n) is 6.46. The van der Waals surface area contributed by atoms with Gasteiger partial charge in [0.25, 0.3) is 11.5 Å². The Morgan fingerprint density at radius 1 is 1.16 bits per heavy atom. The molecule has 0 bridgehead atoms. The van der Waals surface area contributed by atoms with Crippen LogP contribution in [0.4, 0.5) is 0 Å². The maximum Gasteiger partial charge on any atom is 0.333 e. The first-order chi connectivity index (χ1) is 18.4. The monoisotopic (exact) mass is 636 g/mol. The highest BCUT2D eigenvalue weighted by atomic mass is 127. The number of amides is 1. The number of rotatable bonds is 11. The van der Waals surface area contributed by atoms with Crippen LogP contribution in [0, 0.1) is 0 Å². The highest BCUT2D eigenvalue weighted by Crippen LogP contribution is 2.16. The number of benzene rings is 1. The van der Waals surface area contributed by atoms with Crippen LogP contribution in [0.15, 0.2) is 33.9 Å². The van der Waals surface area contributed by atoms with Crippen LogP contribution in [0.2, 0.25) is 0 Å². The van der Waals surface area contributed by atoms with Crippen LogP contribution < -0.4 is 21.3 Å². The first-order valence-corrected chi connectivity index (χ1v) is 14.2. The average molecular weight is 636 g/mol. The first-order valence-electron chi connectivity index (χ1n) is 12.7. The zero-order valence-corrected chi connectivity index (χ0v) is 23.8. The van der Waals surface area contributed by atoms with E-state index in [-0.39, 0.29) is 28.3 Å². The molecule has 1 aliphatic heterocycles. The molecule has 38 heavy (non-hydrogen) atoms. The van der Waals surface area contributed by atoms with Crippen molar-refractivity contribution in [2.75, 3.05) is 46.0 Å². The van der Waals surface area contributed by atoms with Gasteiger partial charge in [0.2, 0.25) is 0 Å². The number of aryl methyl sites for hydroxylation is 2. The van der Waals surface area contributed by atoms with Gasteiger partial charge in [-0.3, -0.25) is 19.1 Å². The number of hydrogen-bond acceptors (Lipinski definition) is 7. The highest BCUT2D eigenvalue weighted by molar-refractivity contribution is 14.1. The molecule has 3 heterocycles. The third kappa shape index (κ3) is 6.53. The summed E-state index contributed by atoms with van der Waals surface area (Å²) < 4.78 is 15.7. The number of nitrogens with zero attached hydrogens (tertiary/aromatic N) is 5. The molecular formula is C26H33IN6O5. The molecule has 1 saturated heterocycles. The van der Waals surface area contributed by atoms with Crippen molar-refractivity contribution in [3.63, 3.8) is 0 Å². The van der Waals surface area contributed by atoms with Crippen LogP contribution in [-0.4, -0.2) is 75.5 Å². The van der Waals surface area contributed by atoms with E-state index in [1.807, 2.05) is 47.7 Å². The molecule has 204 valence electrons. The number of nitrogens with one attached hydrogen (secondary N) is 1. The zero-order chi connectivity index (χ0) is 27.1. The van der Waals surface area contributed by atoms with Gasteiger partial charge in [0.1, 0.15) is 11.6 Å². The largest absolute Gasteiger partial charge is 0.484 e. The van der Waals surface area contributed by atoms with Crippen LogP contribution in [-0.2, 0) is 27.7 Å². The summed E-state index contributed by atoms with van der Waals surface area (Å²) in [6, 6.07) is 7.35. The predicted molar refractivity (Wildman–Crippen MR) is 155 cm³/mol. The number of morpholine rings is 1. The molecule has 11 nitrogen and oxygen atoms in total. The van der Waals surface area contributed by atoms with Gasteiger partial charge in [0, 0.05) is 33.2 Å². The molecule has 1 aliphatic rings. The van der Waals surface area contributed by atoms with Crippen molar-refractivity contribution in [3.8, 4) is 5.75 Å². The van der Waals surface area contributed by atoms with Gasteiger partial charge in [0.05, 0.1) is 17.8 Å². The fraction of sp³-hybridized carbons (Fsp3) is 0.462. The quantitative estimate of drug-likeness (QED) is 0.194. The van der Waals surface area contributed by atoms with Crippen molar-refractivity contribution < 1.29 is 14.3 Å². The lowest BCUT2D eigenvalue weighted by molar-refractivity contribution is -0.123. The number of ether oxygens (including phenoxy) is 2. The van der Waals surface area contributed by atoms with Crippen molar-refractivity contribution in [1.82, 2.24) is 28.9 Å². The van der Waals surface area contributed by atoms with Crippen molar-refractivity contribution >= 4 is 51.8 Å². The maximum atomic E-state index is 12.9. The molecule has 3 aromatic rings. The second-order valence-corrected chi connectivity index (χ2v) is 9.61. The fourth-order valence-electron chi connectivity index (χ4n) is 4.32. The van der Waals surface area contributed by atoms with Crippen molar-refractivity contribution in [2.45, 2.75) is 24.4 Å². The van der Waals surface area contributed by atoms with E-state index >= 15 is 0 Å². The molecule has 12 heteroatoms. The van der Waals surface area contributed by atoms with Gasteiger partial charge < -0.3 is 19.4 Å². The van der Waals surface area contributed by atoms with Crippen molar-refractivity contribution in [3.05, 3.63) is 56.5 Å². The molecule has 1 fully saturated rings. The molecule has 1 aromatic carbocycles. The zero-order valence-electron chi connectivity index (χ0n) is 21.7. The lowest BCUT2D eigenvalue weighted by atomic mass is 10.2. The summed E-state index contributed by atoms with van der Waals surface area (Å²) >= 11 is 2.01. The summed E-state index contributed by atoms with van der Waals surface area (Å²) in [7, 11) is 1.77. The number of hydrogen-bond donors (Lipinski definition) is 1. The Morgan fingerprint density at radius 2 is 1.89 bits per heavy atom. The SMILES string of the molecule is CCn1c(=O)n(CI)c(=O)c2c1nc(/C=C/c1ccc(OCC(=O)NCCCN3CCOCC3)cc1)n2C. The van der Waals surface area contributed by atoms with Crippen LogP contribution in [0.1, 0.15) is 24.7 Å². The minimum Gasteiger partial charge on any atom is -0.484 e. The number of imidazole rings is 1. The molecule has 2 aromatic heterocycles. The van der Waals surface area contributed by atoms with Gasteiger partial charge in [-0.1, -0.05) is 40.8 Å². The summed E-state index contributed by atoms with van der Waals surface area (Å²) in [4.78, 5) is 44.5. The van der Waals surface area contributed by atoms with Crippen LogP contribution >= 0.6 is 22.6 Å². The molecule has 1 N–H and O–H groups in total. The van der Waals surface area contributed by atoms with Crippen molar-refractivity contribution in [1.29, 1.82) is 0 Å². The normalized spacial score (nSPS) is 14.4. The van der Waals surface area contributed by atoms with E-state index in [0.717, 1.165) is 44.8 Å². The minimum absolute atomic E-state index is 0.0412. The molecule has 0 saturated carbocycles. The summed E-state index contributed by atoms with van der Waals surface area (Å²) in [6.07, 6.45) is 4.57. The molecule has 0 aliphatic carbocycles. The van der Waals surface area contributed by atoms with Crippen LogP contribution in [0.3, 0.4) is 0 Å². The fourth-order valence-corrected chi connectivity index (χ4v) is 4.92. The van der Waals surface area contributed by atoms with Gasteiger partial charge in [0.15, 0.2) is 17.8 Å². The van der Waals surface area contributed by atoms with Gasteiger partial charge >= 0.3 is 5.69 Å². The number of halogens is 1. The summed E-state index contributed by atoms with van der Waals surface area (Å²) in [5.74, 6) is 1.01. The molecule has 0 spiro atoms. The molecule has 4 rings (SSSR count). The number of carbonyl (C=O) groups excluding carboxylic acids is 1. The Bertz CT molecular complexity index is 1400. The summed E-state index contributed by atoms with van der Waals surface area (Å²) in [5, 5.41) is 2.89.